The Morgan fingerprint density at radius 3 is 2.70 bits per heavy atom. The van der Waals surface area contributed by atoms with E-state index in [0.29, 0.717) is 22.9 Å². The maximum Gasteiger partial charge on any atom is 0.401 e. The first-order valence-corrected chi connectivity index (χ1v) is 6.65. The van der Waals surface area contributed by atoms with Crippen molar-refractivity contribution in [3.8, 4) is 11.5 Å². The molecular formula is C13H16F3N5O2. The van der Waals surface area contributed by atoms with Gasteiger partial charge in [-0.1, -0.05) is 5.21 Å². The number of alkyl halides is 3. The Labute approximate surface area is 130 Å². The van der Waals surface area contributed by atoms with Gasteiger partial charge in [0.1, 0.15) is 5.69 Å². The molecule has 0 aliphatic carbocycles. The highest BCUT2D eigenvalue weighted by molar-refractivity contribution is 5.42. The van der Waals surface area contributed by atoms with Crippen molar-refractivity contribution in [1.82, 2.24) is 25.3 Å². The van der Waals surface area contributed by atoms with Crippen molar-refractivity contribution in [3.63, 3.8) is 0 Å². The molecule has 0 aromatic carbocycles. The Hall–Kier alpha value is -2.36. The summed E-state index contributed by atoms with van der Waals surface area (Å²) < 4.78 is 48.1. The summed E-state index contributed by atoms with van der Waals surface area (Å²) in [6.45, 7) is -0.847. The molecule has 10 heteroatoms. The van der Waals surface area contributed by atoms with E-state index in [-0.39, 0.29) is 13.1 Å². The van der Waals surface area contributed by atoms with E-state index in [1.807, 2.05) is 0 Å². The van der Waals surface area contributed by atoms with Crippen molar-refractivity contribution in [3.05, 3.63) is 29.8 Å². The second-order valence-electron chi connectivity index (χ2n) is 4.62. The lowest BCUT2D eigenvalue weighted by atomic mass is 10.3. The maximum absolute atomic E-state index is 12.1. The van der Waals surface area contributed by atoms with Crippen LogP contribution in [0.2, 0.25) is 0 Å². The predicted octanol–water partition coefficient (Wildman–Crippen LogP) is 1.39. The fraction of sp³-hybridized carbons (Fsp3) is 0.462. The van der Waals surface area contributed by atoms with Crippen LogP contribution in [0.15, 0.2) is 18.5 Å². The molecule has 2 heterocycles. The van der Waals surface area contributed by atoms with Crippen LogP contribution in [0.5, 0.6) is 11.5 Å². The molecule has 0 bridgehead atoms. The van der Waals surface area contributed by atoms with E-state index < -0.39 is 12.7 Å². The molecular weight excluding hydrogens is 315 g/mol. The van der Waals surface area contributed by atoms with Crippen LogP contribution in [0, 0.1) is 0 Å². The Balaban J connectivity index is 2.02. The summed E-state index contributed by atoms with van der Waals surface area (Å²) in [5.74, 6) is 1.01. The highest BCUT2D eigenvalue weighted by atomic mass is 19.4. The van der Waals surface area contributed by atoms with E-state index in [0.717, 1.165) is 0 Å². The molecule has 0 unspecified atom stereocenters. The van der Waals surface area contributed by atoms with Crippen molar-refractivity contribution in [2.24, 2.45) is 0 Å². The molecule has 7 nitrogen and oxygen atoms in total. The normalized spacial score (nSPS) is 11.5. The van der Waals surface area contributed by atoms with Crippen LogP contribution in [0.1, 0.15) is 11.4 Å². The fourth-order valence-electron chi connectivity index (χ4n) is 1.95. The van der Waals surface area contributed by atoms with Gasteiger partial charge in [0.15, 0.2) is 11.5 Å². The molecule has 0 atom stereocenters. The molecule has 126 valence electrons. The average Bonchev–Trinajstić information content (AvgIpc) is 2.93. The highest BCUT2D eigenvalue weighted by Gasteiger charge is 2.26. The lowest BCUT2D eigenvalue weighted by molar-refractivity contribution is -0.125. The topological polar surface area (TPSA) is 74.1 Å². The summed E-state index contributed by atoms with van der Waals surface area (Å²) in [6, 6.07) is 1.66. The molecule has 2 aromatic rings. The summed E-state index contributed by atoms with van der Waals surface area (Å²) in [7, 11) is 3.01. The summed E-state index contributed by atoms with van der Waals surface area (Å²) in [5, 5.41) is 9.94. The number of nitrogens with one attached hydrogen (secondary N) is 1. The Kier molecular flexibility index (Phi) is 5.37. The van der Waals surface area contributed by atoms with Crippen molar-refractivity contribution in [1.29, 1.82) is 0 Å². The second kappa shape index (κ2) is 7.27. The summed E-state index contributed by atoms with van der Waals surface area (Å²) >= 11 is 0. The van der Waals surface area contributed by atoms with Crippen molar-refractivity contribution < 1.29 is 22.6 Å². The van der Waals surface area contributed by atoms with Crippen molar-refractivity contribution in [2.45, 2.75) is 19.3 Å². The lowest BCUT2D eigenvalue weighted by Crippen LogP contribution is -2.28. The van der Waals surface area contributed by atoms with Gasteiger partial charge in [-0.25, -0.2) is 4.68 Å². The van der Waals surface area contributed by atoms with Crippen LogP contribution in [0.4, 0.5) is 13.2 Å². The third kappa shape index (κ3) is 4.81. The van der Waals surface area contributed by atoms with Gasteiger partial charge in [0.25, 0.3) is 0 Å². The molecule has 1 N–H and O–H groups in total. The minimum Gasteiger partial charge on any atom is -0.493 e. The number of hydrogen-bond acceptors (Lipinski definition) is 6. The first kappa shape index (κ1) is 17.0. The summed E-state index contributed by atoms with van der Waals surface area (Å²) in [4.78, 5) is 4.20. The minimum atomic E-state index is -4.26. The van der Waals surface area contributed by atoms with Crippen LogP contribution in [0.3, 0.4) is 0 Å². The number of hydrogen-bond donors (Lipinski definition) is 1. The van der Waals surface area contributed by atoms with Gasteiger partial charge in [0, 0.05) is 18.8 Å². The van der Waals surface area contributed by atoms with Crippen LogP contribution < -0.4 is 14.8 Å². The first-order chi connectivity index (χ1) is 10.9. The standard InChI is InChI=1S/C13H16F3N5O2/c1-22-11-3-4-18-10(12(11)23-2)7-21-6-9(19-20-21)5-17-8-13(14,15)16/h3-4,6,17H,5,7-8H2,1-2H3. The predicted molar refractivity (Wildman–Crippen MR) is 74.2 cm³/mol. The zero-order chi connectivity index (χ0) is 16.9. The van der Waals surface area contributed by atoms with E-state index in [1.54, 1.807) is 18.5 Å². The smallest absolute Gasteiger partial charge is 0.401 e. The monoisotopic (exact) mass is 331 g/mol. The maximum atomic E-state index is 12.1. The van der Waals surface area contributed by atoms with Gasteiger partial charge in [-0.3, -0.25) is 4.98 Å². The van der Waals surface area contributed by atoms with Gasteiger partial charge >= 0.3 is 6.18 Å². The lowest BCUT2D eigenvalue weighted by Gasteiger charge is -2.11. The molecule has 0 aliphatic rings. The van der Waals surface area contributed by atoms with E-state index in [2.05, 4.69) is 20.6 Å². The highest BCUT2D eigenvalue weighted by Crippen LogP contribution is 2.29. The van der Waals surface area contributed by atoms with E-state index in [4.69, 9.17) is 9.47 Å². The summed E-state index contributed by atoms with van der Waals surface area (Å²) in [6.07, 6.45) is -1.14. The SMILES string of the molecule is COc1ccnc(Cn2cc(CNCC(F)(F)F)nn2)c1OC. The molecule has 2 aromatic heterocycles. The molecule has 2 rings (SSSR count). The third-order valence-corrected chi connectivity index (χ3v) is 2.90. The van der Waals surface area contributed by atoms with Crippen LogP contribution in [0.25, 0.3) is 0 Å². The van der Waals surface area contributed by atoms with Gasteiger partial charge in [-0.2, -0.15) is 13.2 Å². The molecule has 0 saturated carbocycles. The van der Waals surface area contributed by atoms with Crippen LogP contribution in [-0.4, -0.2) is 46.9 Å². The molecule has 0 radical (unpaired) electrons. The molecule has 0 fully saturated rings. The quantitative estimate of drug-likeness (QED) is 0.826. The van der Waals surface area contributed by atoms with E-state index >= 15 is 0 Å². The number of aromatic nitrogens is 4. The van der Waals surface area contributed by atoms with Gasteiger partial charge < -0.3 is 14.8 Å². The number of halogens is 3. The van der Waals surface area contributed by atoms with Crippen molar-refractivity contribution >= 4 is 0 Å². The number of methoxy groups -OCH3 is 2. The average molecular weight is 331 g/mol. The minimum absolute atomic E-state index is 0.0256. The Morgan fingerprint density at radius 2 is 2.04 bits per heavy atom. The molecule has 0 saturated heterocycles. The van der Waals surface area contributed by atoms with Crippen LogP contribution >= 0.6 is 0 Å². The fourth-order valence-corrected chi connectivity index (χ4v) is 1.95. The number of pyridine rings is 1. The molecule has 0 amide bonds. The van der Waals surface area contributed by atoms with E-state index in [1.165, 1.54) is 18.9 Å². The van der Waals surface area contributed by atoms with E-state index in [9.17, 15) is 13.2 Å². The Morgan fingerprint density at radius 1 is 1.26 bits per heavy atom. The molecule has 0 aliphatic heterocycles. The Bertz CT molecular complexity index is 645. The first-order valence-electron chi connectivity index (χ1n) is 6.65. The molecule has 0 spiro atoms. The zero-order valence-corrected chi connectivity index (χ0v) is 12.6. The zero-order valence-electron chi connectivity index (χ0n) is 12.6. The largest absolute Gasteiger partial charge is 0.493 e. The van der Waals surface area contributed by atoms with Crippen LogP contribution in [-0.2, 0) is 13.1 Å². The van der Waals surface area contributed by atoms with Gasteiger partial charge in [-0.05, 0) is 0 Å². The van der Waals surface area contributed by atoms with Gasteiger partial charge in [0.05, 0.1) is 39.2 Å². The summed E-state index contributed by atoms with van der Waals surface area (Å²) in [5.41, 5.74) is 0.975. The number of nitrogens with zero attached hydrogens (tertiary/aromatic N) is 4. The van der Waals surface area contributed by atoms with Crippen molar-refractivity contribution in [2.75, 3.05) is 20.8 Å². The third-order valence-electron chi connectivity index (χ3n) is 2.90. The van der Waals surface area contributed by atoms with Gasteiger partial charge in [0.2, 0.25) is 0 Å². The second-order valence-corrected chi connectivity index (χ2v) is 4.62. The number of rotatable bonds is 7. The molecule has 23 heavy (non-hydrogen) atoms. The van der Waals surface area contributed by atoms with Gasteiger partial charge in [-0.15, -0.1) is 5.10 Å². The number of ether oxygens (including phenoxy) is 2.